The molecule has 0 aliphatic rings. The van der Waals surface area contributed by atoms with Crippen molar-refractivity contribution in [1.29, 1.82) is 0 Å². The number of carboxylic acids is 1. The van der Waals surface area contributed by atoms with E-state index in [4.69, 9.17) is 4.74 Å². The summed E-state index contributed by atoms with van der Waals surface area (Å²) < 4.78 is 7.95. The van der Waals surface area contributed by atoms with Gasteiger partial charge in [-0.15, -0.1) is 0 Å². The van der Waals surface area contributed by atoms with Crippen LogP contribution in [0.2, 0.25) is 0 Å². The summed E-state index contributed by atoms with van der Waals surface area (Å²) in [5, 5.41) is 12.2. The first kappa shape index (κ1) is 14.7. The van der Waals surface area contributed by atoms with Gasteiger partial charge in [-0.3, -0.25) is 0 Å². The van der Waals surface area contributed by atoms with Crippen LogP contribution in [0.1, 0.15) is 16.1 Å². The molecule has 0 aliphatic heterocycles. The number of methoxy groups -OCH3 is 1. The molecule has 2 aromatic carbocycles. The Bertz CT molecular complexity index is 869. The van der Waals surface area contributed by atoms with Crippen molar-refractivity contribution in [2.75, 3.05) is 7.11 Å². The van der Waals surface area contributed by atoms with Crippen molar-refractivity contribution in [3.8, 4) is 11.4 Å². The Morgan fingerprint density at radius 2 is 1.91 bits per heavy atom. The molecule has 112 valence electrons. The number of carbonyl (C=O) groups is 1. The Balaban J connectivity index is 2.45. The number of halogens is 1. The highest BCUT2D eigenvalue weighted by Crippen LogP contribution is 2.36. The summed E-state index contributed by atoms with van der Waals surface area (Å²) in [7, 11) is 1.55. The lowest BCUT2D eigenvalue weighted by Crippen LogP contribution is -2.23. The van der Waals surface area contributed by atoms with Gasteiger partial charge in [0.2, 0.25) is 0 Å². The number of fused-ring (bicyclic) bond motifs is 1. The maximum atomic E-state index is 11.6. The van der Waals surface area contributed by atoms with E-state index in [0.29, 0.717) is 16.8 Å². The summed E-state index contributed by atoms with van der Waals surface area (Å²) in [6.07, 6.45) is 0. The number of carbonyl (C=O) groups excluding carboxylic acids is 1. The third-order valence-corrected chi connectivity index (χ3v) is 4.32. The second kappa shape index (κ2) is 5.50. The van der Waals surface area contributed by atoms with Crippen LogP contribution < -0.4 is 9.84 Å². The predicted molar refractivity (Wildman–Crippen MR) is 86.6 cm³/mol. The van der Waals surface area contributed by atoms with Crippen LogP contribution in [-0.2, 0) is 0 Å². The molecule has 0 spiro atoms. The highest BCUT2D eigenvalue weighted by molar-refractivity contribution is 9.10. The summed E-state index contributed by atoms with van der Waals surface area (Å²) in [5.41, 5.74) is 2.50. The lowest BCUT2D eigenvalue weighted by atomic mass is 10.1. The Kier molecular flexibility index (Phi) is 3.66. The fourth-order valence-corrected chi connectivity index (χ4v) is 3.23. The van der Waals surface area contributed by atoms with Crippen LogP contribution >= 0.6 is 15.9 Å². The van der Waals surface area contributed by atoms with Crippen LogP contribution in [-0.4, -0.2) is 17.6 Å². The molecule has 3 rings (SSSR count). The molecule has 0 saturated carbocycles. The topological polar surface area (TPSA) is 54.3 Å². The van der Waals surface area contributed by atoms with E-state index in [1.54, 1.807) is 20.1 Å². The van der Waals surface area contributed by atoms with Gasteiger partial charge in [0.1, 0.15) is 5.75 Å². The monoisotopic (exact) mass is 358 g/mol. The van der Waals surface area contributed by atoms with Crippen LogP contribution in [0.15, 0.2) is 46.9 Å². The molecule has 3 aromatic rings. The zero-order valence-electron chi connectivity index (χ0n) is 12.1. The Hall–Kier alpha value is -2.27. The first-order valence-electron chi connectivity index (χ1n) is 6.70. The normalized spacial score (nSPS) is 10.9. The number of nitrogens with zero attached hydrogens (tertiary/aromatic N) is 1. The second-order valence-corrected chi connectivity index (χ2v) is 5.78. The van der Waals surface area contributed by atoms with Gasteiger partial charge >= 0.3 is 0 Å². The molecular weight excluding hydrogens is 346 g/mol. The van der Waals surface area contributed by atoms with Gasteiger partial charge in [0.15, 0.2) is 0 Å². The van der Waals surface area contributed by atoms with Crippen molar-refractivity contribution in [1.82, 2.24) is 4.57 Å². The van der Waals surface area contributed by atoms with Gasteiger partial charge in [0.05, 0.1) is 23.1 Å². The molecule has 22 heavy (non-hydrogen) atoms. The molecule has 0 fully saturated rings. The molecule has 0 N–H and O–H groups in total. The molecular formula is C17H13BrNO3-. The van der Waals surface area contributed by atoms with E-state index < -0.39 is 5.97 Å². The number of rotatable bonds is 3. The first-order valence-corrected chi connectivity index (χ1v) is 7.49. The van der Waals surface area contributed by atoms with Gasteiger partial charge in [-0.05, 0) is 47.1 Å². The number of aromatic nitrogens is 1. The van der Waals surface area contributed by atoms with E-state index in [-0.39, 0.29) is 5.56 Å². The number of carboxylic acid groups (broad SMARTS) is 1. The maximum absolute atomic E-state index is 11.6. The molecule has 5 heteroatoms. The molecule has 0 amide bonds. The van der Waals surface area contributed by atoms with E-state index in [0.717, 1.165) is 15.7 Å². The molecule has 0 unspecified atom stereocenters. The average molecular weight is 359 g/mol. The van der Waals surface area contributed by atoms with Crippen molar-refractivity contribution in [2.24, 2.45) is 0 Å². The molecule has 4 nitrogen and oxygen atoms in total. The molecule has 0 radical (unpaired) electrons. The summed E-state index contributed by atoms with van der Waals surface area (Å²) in [6.45, 7) is 1.78. The second-order valence-electron chi connectivity index (χ2n) is 4.92. The number of hydrogen-bond acceptors (Lipinski definition) is 3. The highest BCUT2D eigenvalue weighted by Gasteiger charge is 2.18. The average Bonchev–Trinajstić information content (AvgIpc) is 2.78. The minimum Gasteiger partial charge on any atom is -0.545 e. The summed E-state index contributed by atoms with van der Waals surface area (Å²) in [6, 6.07) is 13.2. The van der Waals surface area contributed by atoms with Crippen molar-refractivity contribution >= 4 is 32.8 Å². The maximum Gasteiger partial charge on any atom is 0.133 e. The molecule has 0 saturated heterocycles. The largest absolute Gasteiger partial charge is 0.545 e. The minimum absolute atomic E-state index is 0.185. The Morgan fingerprint density at radius 1 is 1.23 bits per heavy atom. The Labute approximate surface area is 136 Å². The lowest BCUT2D eigenvalue weighted by Gasteiger charge is -2.09. The summed E-state index contributed by atoms with van der Waals surface area (Å²) in [5.74, 6) is -0.609. The van der Waals surface area contributed by atoms with Crippen LogP contribution in [0.25, 0.3) is 16.6 Å². The predicted octanol–water partition coefficient (Wildman–Crippen LogP) is 3.07. The van der Waals surface area contributed by atoms with Gasteiger partial charge in [0.25, 0.3) is 0 Å². The lowest BCUT2D eigenvalue weighted by molar-refractivity contribution is -0.254. The third kappa shape index (κ3) is 2.18. The smallest absolute Gasteiger partial charge is 0.133 e. The van der Waals surface area contributed by atoms with Crippen LogP contribution in [0.4, 0.5) is 0 Å². The highest BCUT2D eigenvalue weighted by atomic mass is 79.9. The van der Waals surface area contributed by atoms with Crippen molar-refractivity contribution in [3.05, 3.63) is 58.2 Å². The molecule has 0 atom stereocenters. The van der Waals surface area contributed by atoms with Gasteiger partial charge in [-0.2, -0.15) is 0 Å². The fourth-order valence-electron chi connectivity index (χ4n) is 2.74. The minimum atomic E-state index is -1.19. The Morgan fingerprint density at radius 3 is 2.50 bits per heavy atom. The van der Waals surface area contributed by atoms with Gasteiger partial charge in [-0.1, -0.05) is 18.2 Å². The third-order valence-electron chi connectivity index (χ3n) is 3.70. The molecule has 1 heterocycles. The number of ether oxygens (including phenoxy) is 1. The van der Waals surface area contributed by atoms with Crippen LogP contribution in [0.5, 0.6) is 5.75 Å². The van der Waals surface area contributed by atoms with Gasteiger partial charge < -0.3 is 19.2 Å². The zero-order chi connectivity index (χ0) is 15.9. The van der Waals surface area contributed by atoms with E-state index in [1.165, 1.54) is 0 Å². The fraction of sp³-hybridized carbons (Fsp3) is 0.118. The quantitative estimate of drug-likeness (QED) is 0.722. The van der Waals surface area contributed by atoms with Crippen molar-refractivity contribution in [2.45, 2.75) is 6.92 Å². The van der Waals surface area contributed by atoms with E-state index in [9.17, 15) is 9.90 Å². The standard InChI is InChI=1S/C17H14BrNO3/c1-10-16(17(20)21)12-8-15(22-2)13(18)9-14(12)19(10)11-6-4-3-5-7-11/h3-9H,1-2H3,(H,20,21)/p-1. The number of hydrogen-bond donors (Lipinski definition) is 0. The van der Waals surface area contributed by atoms with Crippen molar-refractivity contribution in [3.63, 3.8) is 0 Å². The van der Waals surface area contributed by atoms with E-state index in [1.807, 2.05) is 41.0 Å². The number of benzene rings is 2. The van der Waals surface area contributed by atoms with Crippen LogP contribution in [0.3, 0.4) is 0 Å². The number of para-hydroxylation sites is 1. The van der Waals surface area contributed by atoms with Crippen LogP contribution in [0, 0.1) is 6.92 Å². The van der Waals surface area contributed by atoms with E-state index in [2.05, 4.69) is 15.9 Å². The molecule has 1 aromatic heterocycles. The van der Waals surface area contributed by atoms with E-state index >= 15 is 0 Å². The van der Waals surface area contributed by atoms with Crippen molar-refractivity contribution < 1.29 is 14.6 Å². The molecule has 0 aliphatic carbocycles. The number of aromatic carboxylic acids is 1. The summed E-state index contributed by atoms with van der Waals surface area (Å²) in [4.78, 5) is 11.6. The van der Waals surface area contributed by atoms with Gasteiger partial charge in [-0.25, -0.2) is 0 Å². The first-order chi connectivity index (χ1) is 10.5. The summed E-state index contributed by atoms with van der Waals surface area (Å²) >= 11 is 3.45. The van der Waals surface area contributed by atoms with Gasteiger partial charge in [0, 0.05) is 22.3 Å². The SMILES string of the molecule is COc1cc2c(C(=O)[O-])c(C)n(-c3ccccc3)c2cc1Br. The molecule has 0 bridgehead atoms. The zero-order valence-corrected chi connectivity index (χ0v) is 13.7.